The predicted octanol–water partition coefficient (Wildman–Crippen LogP) is 4.16. The molecule has 0 atom stereocenters. The quantitative estimate of drug-likeness (QED) is 0.311. The first-order valence-electron chi connectivity index (χ1n) is 13.1. The lowest BCUT2D eigenvalue weighted by Crippen LogP contribution is -2.33. The van der Waals surface area contributed by atoms with Gasteiger partial charge in [0, 0.05) is 17.3 Å². The number of carbonyl (C=O) groups excluding carboxylic acids is 1. The molecule has 0 aliphatic carbocycles. The number of thiazole rings is 1. The second-order valence-corrected chi connectivity index (χ2v) is 10.3. The molecular weight excluding hydrogens is 546 g/mol. The van der Waals surface area contributed by atoms with Gasteiger partial charge < -0.3 is 9.73 Å². The molecule has 1 N–H and O–H groups in total. The second-order valence-electron chi connectivity index (χ2n) is 9.22. The highest BCUT2D eigenvalue weighted by atomic mass is 32.1. The van der Waals surface area contributed by atoms with E-state index in [2.05, 4.69) is 5.32 Å². The van der Waals surface area contributed by atoms with Crippen LogP contribution >= 0.6 is 11.3 Å². The third-order valence-corrected chi connectivity index (χ3v) is 7.58. The monoisotopic (exact) mass is 569 g/mol. The van der Waals surface area contributed by atoms with Crippen LogP contribution in [0.1, 0.15) is 11.3 Å². The van der Waals surface area contributed by atoms with Crippen LogP contribution in [-0.2, 0) is 11.3 Å². The van der Waals surface area contributed by atoms with E-state index in [4.69, 9.17) is 9.52 Å². The van der Waals surface area contributed by atoms with Gasteiger partial charge in [0.05, 0.1) is 34.4 Å². The number of aromatic nitrogens is 3. The van der Waals surface area contributed by atoms with E-state index >= 15 is 0 Å². The van der Waals surface area contributed by atoms with Crippen molar-refractivity contribution in [2.45, 2.75) is 6.54 Å². The van der Waals surface area contributed by atoms with E-state index in [1.54, 1.807) is 47.2 Å². The summed E-state index contributed by atoms with van der Waals surface area (Å²) in [5, 5.41) is 17.6. The molecule has 0 spiro atoms. The molecule has 0 radical (unpaired) electrons. The van der Waals surface area contributed by atoms with Gasteiger partial charge in [0.15, 0.2) is 5.57 Å². The highest BCUT2D eigenvalue weighted by molar-refractivity contribution is 7.07. The molecular formula is C33H23N5O3S. The number of carbonyl (C=O) groups is 1. The number of hydrogen-bond acceptors (Lipinski definition) is 6. The summed E-state index contributed by atoms with van der Waals surface area (Å²) in [4.78, 5) is 27.1. The molecule has 0 saturated heterocycles. The molecule has 9 heteroatoms. The molecule has 0 bridgehead atoms. The van der Waals surface area contributed by atoms with E-state index in [0.29, 0.717) is 21.7 Å². The Labute approximate surface area is 244 Å². The smallest absolute Gasteiger partial charge is 0.273 e. The highest BCUT2D eigenvalue weighted by Crippen LogP contribution is 2.24. The van der Waals surface area contributed by atoms with Crippen LogP contribution in [0.3, 0.4) is 0 Å². The molecule has 0 saturated carbocycles. The number of rotatable bonds is 7. The fourth-order valence-corrected chi connectivity index (χ4v) is 5.59. The lowest BCUT2D eigenvalue weighted by Gasteiger charge is -2.04. The first kappa shape index (κ1) is 26.5. The topological polar surface area (TPSA) is 106 Å². The van der Waals surface area contributed by atoms with Crippen molar-refractivity contribution in [2.75, 3.05) is 0 Å². The van der Waals surface area contributed by atoms with Gasteiger partial charge in [-0.05, 0) is 42.5 Å². The zero-order chi connectivity index (χ0) is 28.9. The fourth-order valence-electron chi connectivity index (χ4n) is 4.49. The lowest BCUT2D eigenvalue weighted by molar-refractivity contribution is -0.115. The Morgan fingerprint density at radius 1 is 0.929 bits per heavy atom. The first-order valence-corrected chi connectivity index (χ1v) is 13.9. The maximum absolute atomic E-state index is 14.0. The van der Waals surface area contributed by atoms with Crippen LogP contribution < -0.4 is 20.1 Å². The number of hydrogen-bond donors (Lipinski definition) is 1. The number of para-hydroxylation sites is 2. The number of nitriles is 1. The molecule has 3 heterocycles. The summed E-state index contributed by atoms with van der Waals surface area (Å²) in [6, 6.07) is 33.8. The average Bonchev–Trinajstić information content (AvgIpc) is 3.78. The van der Waals surface area contributed by atoms with Crippen LogP contribution in [0.5, 0.6) is 0 Å². The lowest BCUT2D eigenvalue weighted by atomic mass is 10.1. The van der Waals surface area contributed by atoms with Gasteiger partial charge in [0.1, 0.15) is 16.5 Å². The number of amides is 1. The molecule has 3 aromatic heterocycles. The van der Waals surface area contributed by atoms with Crippen molar-refractivity contribution in [3.05, 3.63) is 146 Å². The van der Waals surface area contributed by atoms with Gasteiger partial charge in [0.2, 0.25) is 0 Å². The van der Waals surface area contributed by atoms with Gasteiger partial charge in [-0.3, -0.25) is 14.2 Å². The maximum atomic E-state index is 14.0. The Morgan fingerprint density at radius 2 is 1.60 bits per heavy atom. The van der Waals surface area contributed by atoms with Crippen molar-refractivity contribution >= 4 is 28.9 Å². The molecule has 6 aromatic rings. The Hall–Kier alpha value is -5.72. The zero-order valence-electron chi connectivity index (χ0n) is 22.2. The van der Waals surface area contributed by atoms with Crippen LogP contribution in [0, 0.1) is 11.3 Å². The molecule has 0 unspecified atom stereocenters. The number of nitrogens with zero attached hydrogens (tertiary/aromatic N) is 4. The molecule has 204 valence electrons. The van der Waals surface area contributed by atoms with Crippen molar-refractivity contribution < 1.29 is 9.21 Å². The minimum atomic E-state index is -0.603. The fraction of sp³-hybridized carbons (Fsp3) is 0.0303. The van der Waals surface area contributed by atoms with Crippen LogP contribution in [-0.4, -0.2) is 20.3 Å². The number of nitrogens with one attached hydrogen (secondary N) is 1. The zero-order valence-corrected chi connectivity index (χ0v) is 23.0. The number of benzene rings is 3. The third-order valence-electron chi connectivity index (χ3n) is 6.49. The van der Waals surface area contributed by atoms with E-state index < -0.39 is 5.91 Å². The number of furan rings is 1. The third kappa shape index (κ3) is 5.35. The summed E-state index contributed by atoms with van der Waals surface area (Å²) < 4.78 is 9.06. The van der Waals surface area contributed by atoms with Crippen molar-refractivity contribution in [3.63, 3.8) is 0 Å². The van der Waals surface area contributed by atoms with Crippen molar-refractivity contribution in [3.8, 4) is 28.7 Å². The van der Waals surface area contributed by atoms with Gasteiger partial charge in [-0.1, -0.05) is 66.7 Å². The molecule has 3 aromatic carbocycles. The van der Waals surface area contributed by atoms with Gasteiger partial charge in [-0.25, -0.2) is 4.68 Å². The Morgan fingerprint density at radius 3 is 2.24 bits per heavy atom. The summed E-state index contributed by atoms with van der Waals surface area (Å²) in [6.45, 7) is 0.107. The van der Waals surface area contributed by atoms with Gasteiger partial charge in [0.25, 0.3) is 11.5 Å². The van der Waals surface area contributed by atoms with Crippen molar-refractivity contribution in [1.29, 1.82) is 5.26 Å². The summed E-state index contributed by atoms with van der Waals surface area (Å²) in [6.07, 6.45) is 5.14. The molecule has 42 heavy (non-hydrogen) atoms. The SMILES string of the molecule is N#CC(C(=O)NCc1ccco1)=c1sc(=Cc2cn(-c3ccccc3)nc2-c2ccccc2)c(=O)n1-c1ccccc1. The average molecular weight is 570 g/mol. The molecule has 8 nitrogen and oxygen atoms in total. The molecule has 0 fully saturated rings. The van der Waals surface area contributed by atoms with E-state index in [9.17, 15) is 14.9 Å². The Bertz CT molecular complexity index is 2070. The van der Waals surface area contributed by atoms with Crippen molar-refractivity contribution in [1.82, 2.24) is 19.7 Å². The Balaban J connectivity index is 1.55. The van der Waals surface area contributed by atoms with Gasteiger partial charge in [-0.15, -0.1) is 11.3 Å². The largest absolute Gasteiger partial charge is 0.467 e. The standard InChI is InChI=1S/C33H23N5O3S/c34-20-28(31(39)35-21-27-17-10-18-41-27)33-38(26-15-8-3-9-16-26)32(40)29(42-33)19-24-22-37(25-13-6-2-7-14-25)36-30(24)23-11-4-1-5-12-23/h1-19,22H,21H2,(H,35,39). The highest BCUT2D eigenvalue weighted by Gasteiger charge is 2.18. The summed E-state index contributed by atoms with van der Waals surface area (Å²) in [5.74, 6) is -0.0570. The van der Waals surface area contributed by atoms with Crippen LogP contribution in [0.2, 0.25) is 0 Å². The predicted molar refractivity (Wildman–Crippen MR) is 161 cm³/mol. The van der Waals surface area contributed by atoms with Crippen LogP contribution in [0.25, 0.3) is 34.3 Å². The van der Waals surface area contributed by atoms with Crippen molar-refractivity contribution in [2.24, 2.45) is 0 Å². The maximum Gasteiger partial charge on any atom is 0.273 e. The van der Waals surface area contributed by atoms with E-state index in [1.165, 1.54) is 10.8 Å². The summed E-state index contributed by atoms with van der Waals surface area (Å²) >= 11 is 1.08. The minimum absolute atomic E-state index is 0.107. The van der Waals surface area contributed by atoms with E-state index in [-0.39, 0.29) is 22.3 Å². The second kappa shape index (κ2) is 11.8. The van der Waals surface area contributed by atoms with Gasteiger partial charge in [-0.2, -0.15) is 10.4 Å². The van der Waals surface area contributed by atoms with E-state index in [1.807, 2.05) is 79.0 Å². The Kier molecular flexibility index (Phi) is 7.44. The molecule has 6 rings (SSSR count). The van der Waals surface area contributed by atoms with E-state index in [0.717, 1.165) is 28.2 Å². The minimum Gasteiger partial charge on any atom is -0.467 e. The summed E-state index contributed by atoms with van der Waals surface area (Å²) in [5.41, 5.74) is 3.20. The van der Waals surface area contributed by atoms with Gasteiger partial charge >= 0.3 is 0 Å². The molecule has 0 aliphatic rings. The van der Waals surface area contributed by atoms with Crippen LogP contribution in [0.15, 0.2) is 125 Å². The summed E-state index contributed by atoms with van der Waals surface area (Å²) in [7, 11) is 0. The first-order chi connectivity index (χ1) is 20.6. The normalized spacial score (nSPS) is 12.1. The molecule has 1 amide bonds. The molecule has 0 aliphatic heterocycles. The van der Waals surface area contributed by atoms with Crippen LogP contribution in [0.4, 0.5) is 0 Å².